The summed E-state index contributed by atoms with van der Waals surface area (Å²) >= 11 is 0. The van der Waals surface area contributed by atoms with Crippen LogP contribution in [0.25, 0.3) is 17.0 Å². The van der Waals surface area contributed by atoms with Gasteiger partial charge in [-0.25, -0.2) is 0 Å². The van der Waals surface area contributed by atoms with E-state index in [9.17, 15) is 5.11 Å². The van der Waals surface area contributed by atoms with Gasteiger partial charge in [-0.1, -0.05) is 42.5 Å². The van der Waals surface area contributed by atoms with Gasteiger partial charge in [-0.05, 0) is 29.3 Å². The molecule has 1 atom stereocenters. The van der Waals surface area contributed by atoms with E-state index in [0.29, 0.717) is 0 Å². The molecule has 0 spiro atoms. The van der Waals surface area contributed by atoms with Crippen molar-refractivity contribution in [1.82, 2.24) is 4.98 Å². The van der Waals surface area contributed by atoms with Crippen LogP contribution in [0.4, 0.5) is 5.69 Å². The standard InChI is InChI=1S/C18H14N2O/c21-15-8-5-12(6-9-15)16-10-7-14-4-3-13-2-1-11-19-17(13)18(14)20-16/h1-11,16,20-21H. The van der Waals surface area contributed by atoms with E-state index in [1.807, 2.05) is 24.4 Å². The first-order valence-corrected chi connectivity index (χ1v) is 6.93. The maximum Gasteiger partial charge on any atom is 0.115 e. The number of anilines is 1. The van der Waals surface area contributed by atoms with Crippen molar-refractivity contribution in [2.45, 2.75) is 6.04 Å². The Kier molecular flexibility index (Phi) is 2.64. The zero-order valence-corrected chi connectivity index (χ0v) is 11.3. The number of phenols is 1. The van der Waals surface area contributed by atoms with E-state index in [1.54, 1.807) is 12.1 Å². The highest BCUT2D eigenvalue weighted by Crippen LogP contribution is 2.35. The lowest BCUT2D eigenvalue weighted by molar-refractivity contribution is 0.475. The van der Waals surface area contributed by atoms with Crippen molar-refractivity contribution in [3.05, 3.63) is 71.9 Å². The summed E-state index contributed by atoms with van der Waals surface area (Å²) < 4.78 is 0. The average molecular weight is 274 g/mol. The number of aromatic nitrogens is 1. The second kappa shape index (κ2) is 4.63. The smallest absolute Gasteiger partial charge is 0.115 e. The van der Waals surface area contributed by atoms with Crippen molar-refractivity contribution in [3.63, 3.8) is 0 Å². The Labute approximate surface area is 122 Å². The predicted octanol–water partition coefficient (Wildman–Crippen LogP) is 4.12. The number of aromatic hydroxyl groups is 1. The molecule has 1 aliphatic rings. The van der Waals surface area contributed by atoms with Gasteiger partial charge in [0.15, 0.2) is 0 Å². The highest BCUT2D eigenvalue weighted by Gasteiger charge is 2.17. The average Bonchev–Trinajstić information content (AvgIpc) is 2.55. The molecule has 3 heteroatoms. The van der Waals surface area contributed by atoms with Crippen LogP contribution < -0.4 is 5.32 Å². The number of phenolic OH excluding ortho intramolecular Hbond substituents is 1. The summed E-state index contributed by atoms with van der Waals surface area (Å²) in [7, 11) is 0. The van der Waals surface area contributed by atoms with Crippen LogP contribution in [-0.4, -0.2) is 10.1 Å². The molecule has 1 aliphatic heterocycles. The molecule has 0 saturated carbocycles. The second-order valence-corrected chi connectivity index (χ2v) is 5.18. The van der Waals surface area contributed by atoms with Crippen LogP contribution in [0, 0.1) is 0 Å². The maximum atomic E-state index is 9.41. The number of nitrogens with zero attached hydrogens (tertiary/aromatic N) is 1. The first kappa shape index (κ1) is 12.0. The number of hydrogen-bond acceptors (Lipinski definition) is 3. The van der Waals surface area contributed by atoms with Crippen molar-refractivity contribution in [3.8, 4) is 5.75 Å². The quantitative estimate of drug-likeness (QED) is 0.701. The summed E-state index contributed by atoms with van der Waals surface area (Å²) in [5.41, 5.74) is 4.32. The predicted molar refractivity (Wildman–Crippen MR) is 85.2 cm³/mol. The molecule has 102 valence electrons. The van der Waals surface area contributed by atoms with E-state index in [0.717, 1.165) is 27.7 Å². The maximum absolute atomic E-state index is 9.41. The fraction of sp³-hybridized carbons (Fsp3) is 0.0556. The fourth-order valence-corrected chi connectivity index (χ4v) is 2.73. The molecule has 1 aromatic heterocycles. The van der Waals surface area contributed by atoms with Gasteiger partial charge in [-0.3, -0.25) is 4.98 Å². The van der Waals surface area contributed by atoms with Gasteiger partial charge in [0.1, 0.15) is 5.75 Å². The van der Waals surface area contributed by atoms with Crippen molar-refractivity contribution in [2.24, 2.45) is 0 Å². The molecule has 3 aromatic rings. The number of fused-ring (bicyclic) bond motifs is 3. The van der Waals surface area contributed by atoms with Gasteiger partial charge in [-0.15, -0.1) is 0 Å². The minimum Gasteiger partial charge on any atom is -0.508 e. The van der Waals surface area contributed by atoms with E-state index < -0.39 is 0 Å². The second-order valence-electron chi connectivity index (χ2n) is 5.18. The zero-order chi connectivity index (χ0) is 14.2. The molecule has 1 unspecified atom stereocenters. The topological polar surface area (TPSA) is 45.2 Å². The van der Waals surface area contributed by atoms with Crippen LogP contribution >= 0.6 is 0 Å². The third kappa shape index (κ3) is 2.03. The van der Waals surface area contributed by atoms with Crippen molar-refractivity contribution < 1.29 is 5.11 Å². The summed E-state index contributed by atoms with van der Waals surface area (Å²) in [6, 6.07) is 15.6. The monoisotopic (exact) mass is 274 g/mol. The van der Waals surface area contributed by atoms with E-state index >= 15 is 0 Å². The third-order valence-electron chi connectivity index (χ3n) is 3.83. The largest absolute Gasteiger partial charge is 0.508 e. The van der Waals surface area contributed by atoms with E-state index in [1.165, 1.54) is 0 Å². The highest BCUT2D eigenvalue weighted by molar-refractivity contribution is 5.96. The normalized spacial score (nSPS) is 16.5. The Morgan fingerprint density at radius 1 is 1.00 bits per heavy atom. The molecule has 3 nitrogen and oxygen atoms in total. The summed E-state index contributed by atoms with van der Waals surface area (Å²) in [5, 5.41) is 14.1. The molecule has 2 heterocycles. The van der Waals surface area contributed by atoms with Crippen LogP contribution in [0.2, 0.25) is 0 Å². The Morgan fingerprint density at radius 3 is 2.71 bits per heavy atom. The minimum atomic E-state index is 0.0886. The van der Waals surface area contributed by atoms with Crippen LogP contribution in [0.5, 0.6) is 5.75 Å². The molecule has 0 aliphatic carbocycles. The highest BCUT2D eigenvalue weighted by atomic mass is 16.3. The molecule has 2 N–H and O–H groups in total. The van der Waals surface area contributed by atoms with Crippen LogP contribution in [0.1, 0.15) is 17.2 Å². The molecule has 0 bridgehead atoms. The van der Waals surface area contributed by atoms with Gasteiger partial charge in [0.05, 0.1) is 17.2 Å². The number of nitrogens with one attached hydrogen (secondary N) is 1. The Balaban J connectivity index is 1.80. The first-order chi connectivity index (χ1) is 10.3. The van der Waals surface area contributed by atoms with Crippen molar-refractivity contribution in [2.75, 3.05) is 5.32 Å². The molecule has 21 heavy (non-hydrogen) atoms. The summed E-state index contributed by atoms with van der Waals surface area (Å²) in [4.78, 5) is 4.50. The number of pyridine rings is 1. The lowest BCUT2D eigenvalue weighted by Crippen LogP contribution is -2.12. The van der Waals surface area contributed by atoms with Crippen molar-refractivity contribution >= 4 is 22.7 Å². The summed E-state index contributed by atoms with van der Waals surface area (Å²) in [6.45, 7) is 0. The van der Waals surface area contributed by atoms with Gasteiger partial charge in [-0.2, -0.15) is 0 Å². The van der Waals surface area contributed by atoms with Crippen LogP contribution in [-0.2, 0) is 0 Å². The molecule has 0 saturated heterocycles. The molecule has 4 rings (SSSR count). The number of benzene rings is 2. The molecule has 0 amide bonds. The number of rotatable bonds is 1. The van der Waals surface area contributed by atoms with Crippen LogP contribution in [0.3, 0.4) is 0 Å². The molecule has 0 radical (unpaired) electrons. The number of hydrogen-bond donors (Lipinski definition) is 2. The van der Waals surface area contributed by atoms with Crippen LogP contribution in [0.15, 0.2) is 60.8 Å². The van der Waals surface area contributed by atoms with E-state index in [4.69, 9.17) is 0 Å². The molecule has 2 aromatic carbocycles. The lowest BCUT2D eigenvalue weighted by atomic mass is 9.98. The molecule has 0 fully saturated rings. The Bertz CT molecular complexity index is 837. The summed E-state index contributed by atoms with van der Waals surface area (Å²) in [6.07, 6.45) is 6.07. The summed E-state index contributed by atoms with van der Waals surface area (Å²) in [5.74, 6) is 0.283. The van der Waals surface area contributed by atoms with Gasteiger partial charge in [0, 0.05) is 11.6 Å². The molecular formula is C18H14N2O. The lowest BCUT2D eigenvalue weighted by Gasteiger charge is -2.23. The van der Waals surface area contributed by atoms with Gasteiger partial charge in [0.2, 0.25) is 0 Å². The van der Waals surface area contributed by atoms with Gasteiger partial charge >= 0.3 is 0 Å². The first-order valence-electron chi connectivity index (χ1n) is 6.93. The zero-order valence-electron chi connectivity index (χ0n) is 11.3. The van der Waals surface area contributed by atoms with E-state index in [2.05, 4.69) is 40.7 Å². The Morgan fingerprint density at radius 2 is 1.86 bits per heavy atom. The van der Waals surface area contributed by atoms with Gasteiger partial charge in [0.25, 0.3) is 0 Å². The minimum absolute atomic E-state index is 0.0886. The van der Waals surface area contributed by atoms with Crippen molar-refractivity contribution in [1.29, 1.82) is 0 Å². The SMILES string of the molecule is Oc1ccc(C2C=Cc3ccc4cccnc4c3N2)cc1. The fourth-order valence-electron chi connectivity index (χ4n) is 2.73. The van der Waals surface area contributed by atoms with Gasteiger partial charge < -0.3 is 10.4 Å². The van der Waals surface area contributed by atoms with E-state index in [-0.39, 0.29) is 11.8 Å². The molecular weight excluding hydrogens is 260 g/mol. The Hall–Kier alpha value is -2.81. The third-order valence-corrected chi connectivity index (χ3v) is 3.83.